The van der Waals surface area contributed by atoms with Crippen LogP contribution in [0.4, 0.5) is 0 Å². The highest BCUT2D eigenvalue weighted by atomic mass is 32.2. The summed E-state index contributed by atoms with van der Waals surface area (Å²) in [5, 5.41) is 15.4. The molecule has 1 aromatic carbocycles. The molecule has 2 aromatic rings. The van der Waals surface area contributed by atoms with E-state index in [2.05, 4.69) is 20.2 Å². The van der Waals surface area contributed by atoms with E-state index in [-0.39, 0.29) is 29.7 Å². The van der Waals surface area contributed by atoms with Crippen molar-refractivity contribution < 1.29 is 17.7 Å². The summed E-state index contributed by atoms with van der Waals surface area (Å²) in [7, 11) is -3.72. The molecular weight excluding hydrogens is 394 g/mol. The van der Waals surface area contributed by atoms with E-state index < -0.39 is 16.1 Å². The zero-order valence-electron chi connectivity index (χ0n) is 16.3. The Labute approximate surface area is 169 Å². The second-order valence-corrected chi connectivity index (χ2v) is 9.06. The maximum absolute atomic E-state index is 12.7. The van der Waals surface area contributed by atoms with Gasteiger partial charge in [0.05, 0.1) is 11.0 Å². The molecule has 2 N–H and O–H groups in total. The predicted molar refractivity (Wildman–Crippen MR) is 103 cm³/mol. The minimum absolute atomic E-state index is 0.0236. The van der Waals surface area contributed by atoms with E-state index >= 15 is 0 Å². The first-order chi connectivity index (χ1) is 13.8. The molecular formula is C19H23N5O4S. The van der Waals surface area contributed by atoms with Crippen molar-refractivity contribution in [2.24, 2.45) is 5.92 Å². The number of carbonyl (C=O) groups excluding carboxylic acids is 1. The Bertz CT molecular complexity index is 1000. The van der Waals surface area contributed by atoms with Crippen LogP contribution < -0.4 is 10.0 Å². The monoisotopic (exact) mass is 417 g/mol. The maximum Gasteiger partial charge on any atom is 0.251 e. The van der Waals surface area contributed by atoms with Crippen molar-refractivity contribution in [3.05, 3.63) is 41.5 Å². The van der Waals surface area contributed by atoms with Crippen LogP contribution >= 0.6 is 0 Å². The number of nitriles is 1. The number of rotatable bonds is 9. The van der Waals surface area contributed by atoms with Crippen LogP contribution in [0.25, 0.3) is 0 Å². The van der Waals surface area contributed by atoms with Crippen LogP contribution in [0.15, 0.2) is 33.7 Å². The fourth-order valence-electron chi connectivity index (χ4n) is 2.73. The third kappa shape index (κ3) is 5.19. The first-order valence-electron chi connectivity index (χ1n) is 9.43. The third-order valence-corrected chi connectivity index (χ3v) is 6.05. The average Bonchev–Trinajstić information content (AvgIpc) is 3.43. The number of amides is 1. The van der Waals surface area contributed by atoms with Gasteiger partial charge in [-0.25, -0.2) is 13.1 Å². The lowest BCUT2D eigenvalue weighted by molar-refractivity contribution is 0.0914. The van der Waals surface area contributed by atoms with Gasteiger partial charge in [0.2, 0.25) is 15.9 Å². The number of carbonyl (C=O) groups is 1. The molecule has 29 heavy (non-hydrogen) atoms. The Kier molecular flexibility index (Phi) is 6.30. The zero-order valence-corrected chi connectivity index (χ0v) is 17.1. The lowest BCUT2D eigenvalue weighted by Crippen LogP contribution is -2.32. The molecule has 1 aromatic heterocycles. The number of hydrogen-bond acceptors (Lipinski definition) is 7. The highest BCUT2D eigenvalue weighted by Gasteiger charge is 2.31. The van der Waals surface area contributed by atoms with Gasteiger partial charge in [-0.1, -0.05) is 19.0 Å². The van der Waals surface area contributed by atoms with Gasteiger partial charge in [-0.15, -0.1) is 0 Å². The van der Waals surface area contributed by atoms with Gasteiger partial charge in [0, 0.05) is 24.4 Å². The van der Waals surface area contributed by atoms with E-state index in [0.717, 1.165) is 12.8 Å². The molecule has 1 atom stereocenters. The normalized spacial score (nSPS) is 15.1. The molecule has 0 bridgehead atoms. The number of nitrogens with one attached hydrogen (secondary N) is 2. The molecule has 1 amide bonds. The molecule has 154 valence electrons. The van der Waals surface area contributed by atoms with Crippen molar-refractivity contribution in [3.63, 3.8) is 0 Å². The van der Waals surface area contributed by atoms with Crippen LogP contribution in [-0.4, -0.2) is 31.0 Å². The Morgan fingerprint density at radius 3 is 2.59 bits per heavy atom. The lowest BCUT2D eigenvalue weighted by atomic mass is 10.0. The maximum atomic E-state index is 12.7. The van der Waals surface area contributed by atoms with Crippen molar-refractivity contribution in [1.82, 2.24) is 20.2 Å². The number of hydrogen-bond donors (Lipinski definition) is 2. The Morgan fingerprint density at radius 2 is 2.00 bits per heavy atom. The lowest BCUT2D eigenvalue weighted by Gasteiger charge is -2.18. The molecule has 1 heterocycles. The van der Waals surface area contributed by atoms with Crippen molar-refractivity contribution in [2.45, 2.75) is 50.0 Å². The Hall–Kier alpha value is -2.77. The summed E-state index contributed by atoms with van der Waals surface area (Å²) in [5.41, 5.74) is 0.313. The van der Waals surface area contributed by atoms with Gasteiger partial charge in [0.25, 0.3) is 5.91 Å². The minimum atomic E-state index is -3.72. The summed E-state index contributed by atoms with van der Waals surface area (Å²) in [4.78, 5) is 17.1. The van der Waals surface area contributed by atoms with Gasteiger partial charge < -0.3 is 9.84 Å². The van der Waals surface area contributed by atoms with Crippen LogP contribution in [0.1, 0.15) is 67.1 Å². The van der Waals surface area contributed by atoms with Gasteiger partial charge in [-0.05, 0) is 43.0 Å². The summed E-state index contributed by atoms with van der Waals surface area (Å²) in [6.45, 7) is 3.91. The molecule has 1 aliphatic rings. The topological polar surface area (TPSA) is 138 Å². The molecule has 10 heteroatoms. The summed E-state index contributed by atoms with van der Waals surface area (Å²) in [5.74, 6) is 1.06. The smallest absolute Gasteiger partial charge is 0.251 e. The molecule has 0 aliphatic heterocycles. The molecule has 1 fully saturated rings. The second kappa shape index (κ2) is 8.71. The van der Waals surface area contributed by atoms with E-state index in [1.54, 1.807) is 0 Å². The summed E-state index contributed by atoms with van der Waals surface area (Å²) < 4.78 is 32.0. The molecule has 9 nitrogen and oxygen atoms in total. The van der Waals surface area contributed by atoms with Crippen molar-refractivity contribution in [2.75, 3.05) is 6.54 Å². The SMILES string of the molecule is CC(C)C(NC(=O)c1ccc(S(=O)(=O)NCCC#N)cc1)c1nc(C2CC2)no1. The molecule has 0 saturated heterocycles. The van der Waals surface area contributed by atoms with E-state index in [0.29, 0.717) is 23.2 Å². The summed E-state index contributed by atoms with van der Waals surface area (Å²) in [6, 6.07) is 7.01. The van der Waals surface area contributed by atoms with Crippen LogP contribution in [0.3, 0.4) is 0 Å². The predicted octanol–water partition coefficient (Wildman–Crippen LogP) is 2.27. The summed E-state index contributed by atoms with van der Waals surface area (Å²) in [6.07, 6.45) is 2.19. The van der Waals surface area contributed by atoms with Crippen LogP contribution in [0.5, 0.6) is 0 Å². The number of nitrogens with zero attached hydrogens (tertiary/aromatic N) is 3. The summed E-state index contributed by atoms with van der Waals surface area (Å²) >= 11 is 0. The Morgan fingerprint density at radius 1 is 1.31 bits per heavy atom. The number of sulfonamides is 1. The van der Waals surface area contributed by atoms with Crippen molar-refractivity contribution in [1.29, 1.82) is 5.26 Å². The molecule has 1 aliphatic carbocycles. The Balaban J connectivity index is 1.69. The molecule has 1 unspecified atom stereocenters. The van der Waals surface area contributed by atoms with Gasteiger partial charge >= 0.3 is 0 Å². The van der Waals surface area contributed by atoms with Gasteiger partial charge in [0.1, 0.15) is 6.04 Å². The number of benzene rings is 1. The van der Waals surface area contributed by atoms with E-state index in [4.69, 9.17) is 9.78 Å². The fraction of sp³-hybridized carbons (Fsp3) is 0.474. The molecule has 0 spiro atoms. The second-order valence-electron chi connectivity index (χ2n) is 7.29. The van der Waals surface area contributed by atoms with Crippen LogP contribution in [-0.2, 0) is 10.0 Å². The largest absolute Gasteiger partial charge is 0.340 e. The van der Waals surface area contributed by atoms with E-state index in [1.165, 1.54) is 24.3 Å². The van der Waals surface area contributed by atoms with E-state index in [1.807, 2.05) is 19.9 Å². The van der Waals surface area contributed by atoms with Crippen molar-refractivity contribution in [3.8, 4) is 6.07 Å². The standard InChI is InChI=1S/C19H23N5O4S/c1-12(2)16(19-23-17(24-28-19)13-4-5-13)22-18(25)14-6-8-15(9-7-14)29(26,27)21-11-3-10-20/h6-9,12-13,16,21H,3-5,11H2,1-2H3,(H,22,25). The third-order valence-electron chi connectivity index (χ3n) is 4.57. The number of aromatic nitrogens is 2. The van der Waals surface area contributed by atoms with E-state index in [9.17, 15) is 13.2 Å². The molecule has 0 radical (unpaired) electrons. The fourth-order valence-corrected chi connectivity index (χ4v) is 3.76. The minimum Gasteiger partial charge on any atom is -0.340 e. The quantitative estimate of drug-likeness (QED) is 0.597. The van der Waals surface area contributed by atoms with Gasteiger partial charge in [0.15, 0.2) is 5.82 Å². The van der Waals surface area contributed by atoms with Crippen LogP contribution in [0.2, 0.25) is 0 Å². The van der Waals surface area contributed by atoms with Gasteiger partial charge in [-0.3, -0.25) is 4.79 Å². The molecule has 1 saturated carbocycles. The average molecular weight is 417 g/mol. The highest BCUT2D eigenvalue weighted by molar-refractivity contribution is 7.89. The van der Waals surface area contributed by atoms with Crippen LogP contribution in [0, 0.1) is 17.2 Å². The van der Waals surface area contributed by atoms with Gasteiger partial charge in [-0.2, -0.15) is 10.2 Å². The highest BCUT2D eigenvalue weighted by Crippen LogP contribution is 2.38. The first-order valence-corrected chi connectivity index (χ1v) is 10.9. The van der Waals surface area contributed by atoms with Crippen molar-refractivity contribution >= 4 is 15.9 Å². The zero-order chi connectivity index (χ0) is 21.0. The first kappa shape index (κ1) is 21.0. The molecule has 3 rings (SSSR count).